The Bertz CT molecular complexity index is 618. The first kappa shape index (κ1) is 14.3. The Labute approximate surface area is 126 Å². The molecule has 2 unspecified atom stereocenters. The highest BCUT2D eigenvalue weighted by atomic mass is 19.1. The zero-order valence-corrected chi connectivity index (χ0v) is 12.7. The Balaban J connectivity index is 1.94. The number of piperidine rings is 1. The summed E-state index contributed by atoms with van der Waals surface area (Å²) in [6.07, 6.45) is 1.13. The van der Waals surface area contributed by atoms with E-state index in [2.05, 4.69) is 37.4 Å². The van der Waals surface area contributed by atoms with Crippen LogP contribution in [0, 0.1) is 19.7 Å². The molecule has 1 N–H and O–H groups in total. The zero-order valence-electron chi connectivity index (χ0n) is 12.7. The van der Waals surface area contributed by atoms with Gasteiger partial charge in [-0.05, 0) is 67.1 Å². The Morgan fingerprint density at radius 3 is 2.33 bits per heavy atom. The molecule has 1 aliphatic rings. The summed E-state index contributed by atoms with van der Waals surface area (Å²) >= 11 is 0. The fraction of sp³-hybridized carbons (Fsp3) is 0.368. The molecule has 110 valence electrons. The molecule has 1 nitrogen and oxygen atoms in total. The Morgan fingerprint density at radius 1 is 0.905 bits per heavy atom. The van der Waals surface area contributed by atoms with Crippen molar-refractivity contribution in [1.29, 1.82) is 0 Å². The van der Waals surface area contributed by atoms with E-state index in [1.807, 2.05) is 12.1 Å². The predicted octanol–water partition coefficient (Wildman–Crippen LogP) is 4.30. The maximum absolute atomic E-state index is 13.2. The molecule has 0 aliphatic carbocycles. The zero-order chi connectivity index (χ0) is 14.8. The molecule has 1 saturated heterocycles. The quantitative estimate of drug-likeness (QED) is 0.866. The van der Waals surface area contributed by atoms with Crippen LogP contribution in [0.25, 0.3) is 0 Å². The van der Waals surface area contributed by atoms with Gasteiger partial charge in [-0.25, -0.2) is 4.39 Å². The summed E-state index contributed by atoms with van der Waals surface area (Å²) in [6.45, 7) is 6.34. The standard InChI is InChI=1S/C19H22FN/c1-13-3-4-16(11-14(13)2)18-9-10-21-12-19(18)15-5-7-17(20)8-6-15/h3-8,11,18-19,21H,9-10,12H2,1-2H3. The molecule has 2 atom stereocenters. The first-order chi connectivity index (χ1) is 10.1. The topological polar surface area (TPSA) is 12.0 Å². The van der Waals surface area contributed by atoms with Gasteiger partial charge >= 0.3 is 0 Å². The summed E-state index contributed by atoms with van der Waals surface area (Å²) in [4.78, 5) is 0. The predicted molar refractivity (Wildman–Crippen MR) is 85.3 cm³/mol. The lowest BCUT2D eigenvalue weighted by Crippen LogP contribution is -2.34. The van der Waals surface area contributed by atoms with Crippen LogP contribution in [0.2, 0.25) is 0 Å². The van der Waals surface area contributed by atoms with Gasteiger partial charge in [-0.1, -0.05) is 30.3 Å². The van der Waals surface area contributed by atoms with E-state index in [0.29, 0.717) is 11.8 Å². The molecule has 0 saturated carbocycles. The minimum atomic E-state index is -0.162. The van der Waals surface area contributed by atoms with Crippen molar-refractivity contribution in [2.75, 3.05) is 13.1 Å². The average molecular weight is 283 g/mol. The molecule has 1 aliphatic heterocycles. The number of nitrogens with one attached hydrogen (secondary N) is 1. The Morgan fingerprint density at radius 2 is 1.62 bits per heavy atom. The lowest BCUT2D eigenvalue weighted by atomic mass is 9.77. The molecule has 1 fully saturated rings. The van der Waals surface area contributed by atoms with E-state index < -0.39 is 0 Å². The maximum Gasteiger partial charge on any atom is 0.123 e. The Hall–Kier alpha value is -1.67. The maximum atomic E-state index is 13.2. The van der Waals surface area contributed by atoms with Crippen LogP contribution >= 0.6 is 0 Å². The molecule has 21 heavy (non-hydrogen) atoms. The van der Waals surface area contributed by atoms with E-state index in [-0.39, 0.29) is 5.82 Å². The van der Waals surface area contributed by atoms with Crippen LogP contribution in [0.1, 0.15) is 40.5 Å². The summed E-state index contributed by atoms with van der Waals surface area (Å²) < 4.78 is 13.2. The van der Waals surface area contributed by atoms with Crippen molar-refractivity contribution < 1.29 is 4.39 Å². The molecular formula is C19H22FN. The van der Waals surface area contributed by atoms with Gasteiger partial charge in [0.2, 0.25) is 0 Å². The monoisotopic (exact) mass is 283 g/mol. The third-order valence-corrected chi connectivity index (χ3v) is 4.74. The van der Waals surface area contributed by atoms with E-state index in [1.54, 1.807) is 12.1 Å². The molecule has 3 rings (SSSR count). The molecule has 0 amide bonds. The minimum absolute atomic E-state index is 0.162. The third kappa shape index (κ3) is 3.01. The van der Waals surface area contributed by atoms with Gasteiger partial charge in [-0.3, -0.25) is 0 Å². The van der Waals surface area contributed by atoms with Gasteiger partial charge in [0.1, 0.15) is 5.82 Å². The second-order valence-electron chi connectivity index (χ2n) is 6.10. The highest BCUT2D eigenvalue weighted by Crippen LogP contribution is 2.37. The molecule has 0 aromatic heterocycles. The van der Waals surface area contributed by atoms with Crippen LogP contribution in [-0.4, -0.2) is 13.1 Å². The van der Waals surface area contributed by atoms with Gasteiger partial charge in [-0.2, -0.15) is 0 Å². The highest BCUT2D eigenvalue weighted by Gasteiger charge is 2.27. The van der Waals surface area contributed by atoms with E-state index in [9.17, 15) is 4.39 Å². The van der Waals surface area contributed by atoms with Crippen molar-refractivity contribution in [3.8, 4) is 0 Å². The summed E-state index contributed by atoms with van der Waals surface area (Å²) in [5.74, 6) is 0.766. The van der Waals surface area contributed by atoms with Crippen molar-refractivity contribution in [2.45, 2.75) is 32.1 Å². The van der Waals surface area contributed by atoms with Gasteiger partial charge in [0.15, 0.2) is 0 Å². The van der Waals surface area contributed by atoms with Crippen LogP contribution in [0.3, 0.4) is 0 Å². The molecule has 2 aromatic carbocycles. The highest BCUT2D eigenvalue weighted by molar-refractivity contribution is 5.35. The van der Waals surface area contributed by atoms with Crippen molar-refractivity contribution in [3.05, 3.63) is 70.5 Å². The number of benzene rings is 2. The van der Waals surface area contributed by atoms with Crippen LogP contribution in [0.15, 0.2) is 42.5 Å². The van der Waals surface area contributed by atoms with Crippen molar-refractivity contribution >= 4 is 0 Å². The lowest BCUT2D eigenvalue weighted by Gasteiger charge is -2.33. The largest absolute Gasteiger partial charge is 0.316 e. The van der Waals surface area contributed by atoms with Crippen molar-refractivity contribution in [3.63, 3.8) is 0 Å². The van der Waals surface area contributed by atoms with Crippen LogP contribution in [0.5, 0.6) is 0 Å². The number of aryl methyl sites for hydroxylation is 2. The molecule has 1 heterocycles. The number of halogens is 1. The summed E-state index contributed by atoms with van der Waals surface area (Å²) in [5.41, 5.74) is 5.33. The van der Waals surface area contributed by atoms with Crippen molar-refractivity contribution in [1.82, 2.24) is 5.32 Å². The van der Waals surface area contributed by atoms with Gasteiger partial charge < -0.3 is 5.32 Å². The normalized spacial score (nSPS) is 22.2. The van der Waals surface area contributed by atoms with Gasteiger partial charge in [-0.15, -0.1) is 0 Å². The fourth-order valence-corrected chi connectivity index (χ4v) is 3.31. The number of hydrogen-bond donors (Lipinski definition) is 1. The van der Waals surface area contributed by atoms with E-state index >= 15 is 0 Å². The second-order valence-corrected chi connectivity index (χ2v) is 6.10. The molecule has 0 spiro atoms. The molecule has 0 radical (unpaired) electrons. The van der Waals surface area contributed by atoms with E-state index in [1.165, 1.54) is 22.3 Å². The second kappa shape index (κ2) is 5.98. The average Bonchev–Trinajstić information content (AvgIpc) is 2.51. The Kier molecular flexibility index (Phi) is 4.07. The lowest BCUT2D eigenvalue weighted by molar-refractivity contribution is 0.403. The summed E-state index contributed by atoms with van der Waals surface area (Å²) in [7, 11) is 0. The summed E-state index contributed by atoms with van der Waals surface area (Å²) in [6, 6.07) is 13.8. The van der Waals surface area contributed by atoms with Crippen LogP contribution in [0.4, 0.5) is 4.39 Å². The first-order valence-electron chi connectivity index (χ1n) is 7.68. The third-order valence-electron chi connectivity index (χ3n) is 4.74. The molecular weight excluding hydrogens is 261 g/mol. The van der Waals surface area contributed by atoms with Crippen LogP contribution in [-0.2, 0) is 0 Å². The molecule has 2 heteroatoms. The van der Waals surface area contributed by atoms with Gasteiger partial charge in [0.05, 0.1) is 0 Å². The fourth-order valence-electron chi connectivity index (χ4n) is 3.31. The van der Waals surface area contributed by atoms with E-state index in [4.69, 9.17) is 0 Å². The first-order valence-corrected chi connectivity index (χ1v) is 7.68. The number of hydrogen-bond acceptors (Lipinski definition) is 1. The smallest absolute Gasteiger partial charge is 0.123 e. The SMILES string of the molecule is Cc1ccc(C2CCNCC2c2ccc(F)cc2)cc1C. The van der Waals surface area contributed by atoms with E-state index in [0.717, 1.165) is 19.5 Å². The van der Waals surface area contributed by atoms with Gasteiger partial charge in [0.25, 0.3) is 0 Å². The number of rotatable bonds is 2. The molecule has 2 aromatic rings. The summed E-state index contributed by atoms with van der Waals surface area (Å²) in [5, 5.41) is 3.48. The van der Waals surface area contributed by atoms with Crippen molar-refractivity contribution in [2.24, 2.45) is 0 Å². The van der Waals surface area contributed by atoms with Crippen LogP contribution < -0.4 is 5.32 Å². The minimum Gasteiger partial charge on any atom is -0.316 e. The van der Waals surface area contributed by atoms with Gasteiger partial charge in [0, 0.05) is 12.5 Å². The molecule has 0 bridgehead atoms.